The van der Waals surface area contributed by atoms with Crippen LogP contribution in [0.5, 0.6) is 0 Å². The van der Waals surface area contributed by atoms with Crippen LogP contribution in [0.25, 0.3) is 0 Å². The fraction of sp³-hybridized carbons (Fsp3) is 0.562. The number of ether oxygens (including phenoxy) is 3. The van der Waals surface area contributed by atoms with Crippen molar-refractivity contribution in [3.05, 3.63) is 71.8 Å². The number of carbonyl (C=O) groups is 2. The van der Waals surface area contributed by atoms with E-state index in [0.29, 0.717) is 12.8 Å². The molecule has 3 rings (SSSR count). The first-order valence-electron chi connectivity index (χ1n) is 13.8. The molecule has 2 aromatic rings. The van der Waals surface area contributed by atoms with Crippen molar-refractivity contribution in [2.45, 2.75) is 76.8 Å². The van der Waals surface area contributed by atoms with Crippen LogP contribution >= 0.6 is 7.14 Å². The number of methoxy groups -OCH3 is 3. The summed E-state index contributed by atoms with van der Waals surface area (Å²) in [7, 11) is 0.376. The molecule has 1 aliphatic rings. The Balaban J connectivity index is 2.51. The third kappa shape index (κ3) is 4.99. The van der Waals surface area contributed by atoms with E-state index in [-0.39, 0.29) is 28.9 Å². The summed E-state index contributed by atoms with van der Waals surface area (Å²) in [5, 5.41) is 0. The highest BCUT2D eigenvalue weighted by molar-refractivity contribution is 7.96. The first kappa shape index (κ1) is 31.4. The third-order valence-corrected chi connectivity index (χ3v) is 12.6. The third-order valence-electron chi connectivity index (χ3n) is 9.26. The van der Waals surface area contributed by atoms with Gasteiger partial charge in [-0.15, -0.1) is 0 Å². The Morgan fingerprint density at radius 3 is 1.28 bits per heavy atom. The minimum absolute atomic E-state index is 0.0547. The van der Waals surface area contributed by atoms with Gasteiger partial charge >= 0.3 is 0 Å². The van der Waals surface area contributed by atoms with E-state index in [1.165, 1.54) is 0 Å². The maximum atomic E-state index is 15.9. The Morgan fingerprint density at radius 1 is 0.667 bits per heavy atom. The summed E-state index contributed by atoms with van der Waals surface area (Å²) >= 11 is 0. The second kappa shape index (κ2) is 11.8. The summed E-state index contributed by atoms with van der Waals surface area (Å²) < 4.78 is 35.1. The lowest BCUT2D eigenvalue weighted by atomic mass is 9.58. The molecular weight excluding hydrogens is 511 g/mol. The van der Waals surface area contributed by atoms with E-state index in [1.54, 1.807) is 82.0 Å². The highest BCUT2D eigenvalue weighted by Gasteiger charge is 2.72. The van der Waals surface area contributed by atoms with Crippen LogP contribution in [0.4, 0.5) is 0 Å². The van der Waals surface area contributed by atoms with Crippen molar-refractivity contribution in [1.82, 2.24) is 0 Å². The predicted molar refractivity (Wildman–Crippen MR) is 156 cm³/mol. The van der Waals surface area contributed by atoms with E-state index in [9.17, 15) is 9.59 Å². The van der Waals surface area contributed by atoms with E-state index in [1.807, 2.05) is 27.7 Å². The van der Waals surface area contributed by atoms with Crippen molar-refractivity contribution in [2.24, 2.45) is 17.8 Å². The van der Waals surface area contributed by atoms with E-state index >= 15 is 4.57 Å². The minimum Gasteiger partial charge on any atom is -0.378 e. The zero-order chi connectivity index (χ0) is 29.2. The van der Waals surface area contributed by atoms with Crippen LogP contribution in [0.2, 0.25) is 0 Å². The molecule has 2 atom stereocenters. The van der Waals surface area contributed by atoms with Crippen molar-refractivity contribution >= 4 is 18.2 Å². The molecule has 6 nitrogen and oxygen atoms in total. The molecule has 1 fully saturated rings. The molecule has 0 radical (unpaired) electrons. The molecular formula is C32H45O6P. The smallest absolute Gasteiger partial charge is 0.229 e. The summed E-state index contributed by atoms with van der Waals surface area (Å²) in [6.45, 7) is 12.2. The highest BCUT2D eigenvalue weighted by atomic mass is 31.2. The van der Waals surface area contributed by atoms with Crippen LogP contribution in [0.1, 0.15) is 75.1 Å². The van der Waals surface area contributed by atoms with E-state index in [0.717, 1.165) is 0 Å². The highest BCUT2D eigenvalue weighted by Crippen LogP contribution is 2.70. The average molecular weight is 557 g/mol. The van der Waals surface area contributed by atoms with Crippen LogP contribution in [0.3, 0.4) is 0 Å². The van der Waals surface area contributed by atoms with Crippen molar-refractivity contribution in [1.29, 1.82) is 0 Å². The Morgan fingerprint density at radius 2 is 1.03 bits per heavy atom. The van der Waals surface area contributed by atoms with Gasteiger partial charge in [0.2, 0.25) is 18.2 Å². The van der Waals surface area contributed by atoms with Gasteiger partial charge in [0.25, 0.3) is 0 Å². The molecule has 2 unspecified atom stereocenters. The standard InChI is InChI=1S/C32H45O6P/c1-22(2)30(36-7)20-31(37-8,23(3)4)29(32(21-30,38-9)24(5)6)39(35,27(33)25-16-12-10-13-17-25)28(34)26-18-14-11-15-19-26/h10-19,22-24,29H,20-21H2,1-9H3. The van der Waals surface area contributed by atoms with Gasteiger partial charge in [0.1, 0.15) is 0 Å². The molecule has 1 saturated carbocycles. The monoisotopic (exact) mass is 556 g/mol. The number of benzene rings is 2. The van der Waals surface area contributed by atoms with E-state index in [2.05, 4.69) is 13.8 Å². The normalized spacial score (nSPS) is 27.7. The lowest BCUT2D eigenvalue weighted by molar-refractivity contribution is -0.238. The van der Waals surface area contributed by atoms with Gasteiger partial charge in [-0.25, -0.2) is 0 Å². The molecule has 0 aliphatic heterocycles. The molecule has 0 amide bonds. The van der Waals surface area contributed by atoms with E-state index < -0.39 is 40.7 Å². The molecule has 0 N–H and O–H groups in total. The quantitative estimate of drug-likeness (QED) is 0.270. The average Bonchev–Trinajstić information content (AvgIpc) is 2.95. The Bertz CT molecular complexity index is 1110. The molecule has 7 heteroatoms. The summed E-state index contributed by atoms with van der Waals surface area (Å²) in [6, 6.07) is 17.0. The first-order chi connectivity index (χ1) is 18.3. The summed E-state index contributed by atoms with van der Waals surface area (Å²) in [6.07, 6.45) is 0.720. The Hall–Kier alpha value is -2.11. The lowest BCUT2D eigenvalue weighted by Gasteiger charge is -2.63. The van der Waals surface area contributed by atoms with Gasteiger partial charge in [0.15, 0.2) is 0 Å². The Kier molecular flexibility index (Phi) is 9.49. The van der Waals surface area contributed by atoms with Crippen LogP contribution in [-0.2, 0) is 18.8 Å². The summed E-state index contributed by atoms with van der Waals surface area (Å²) in [5.74, 6) is -0.399. The summed E-state index contributed by atoms with van der Waals surface area (Å²) in [5.41, 5.74) is -4.98. The zero-order valence-electron chi connectivity index (χ0n) is 24.9. The van der Waals surface area contributed by atoms with Crippen LogP contribution in [-0.4, -0.2) is 54.8 Å². The van der Waals surface area contributed by atoms with Gasteiger partial charge in [-0.05, 0) is 17.8 Å². The summed E-state index contributed by atoms with van der Waals surface area (Å²) in [4.78, 5) is 29.1. The molecule has 1 aliphatic carbocycles. The molecule has 0 heterocycles. The van der Waals surface area contributed by atoms with Gasteiger partial charge in [-0.2, -0.15) is 0 Å². The topological polar surface area (TPSA) is 78.9 Å². The number of hydrogen-bond donors (Lipinski definition) is 0. The molecule has 39 heavy (non-hydrogen) atoms. The van der Waals surface area contributed by atoms with Crippen LogP contribution in [0.15, 0.2) is 60.7 Å². The maximum Gasteiger partial charge on any atom is 0.229 e. The largest absolute Gasteiger partial charge is 0.378 e. The van der Waals surface area contributed by atoms with Crippen LogP contribution in [0, 0.1) is 17.8 Å². The SMILES string of the molecule is COC1(C(C)C)CC(OC)(C(C)C)C(P(=O)(C(=O)c2ccccc2)C(=O)c2ccccc2)C(OC)(C(C)C)C1. The first-order valence-corrected chi connectivity index (χ1v) is 15.6. The predicted octanol–water partition coefficient (Wildman–Crippen LogP) is 7.32. The molecule has 2 aromatic carbocycles. The maximum absolute atomic E-state index is 15.9. The second-order valence-electron chi connectivity index (χ2n) is 11.8. The molecule has 0 aromatic heterocycles. The number of hydrogen-bond acceptors (Lipinski definition) is 6. The van der Waals surface area contributed by atoms with Gasteiger partial charge in [-0.3, -0.25) is 9.59 Å². The van der Waals surface area contributed by atoms with Crippen LogP contribution < -0.4 is 0 Å². The molecule has 214 valence electrons. The minimum atomic E-state index is -4.48. The lowest BCUT2D eigenvalue weighted by Crippen LogP contribution is -2.72. The van der Waals surface area contributed by atoms with E-state index in [4.69, 9.17) is 14.2 Å². The fourth-order valence-corrected chi connectivity index (χ4v) is 10.7. The van der Waals surface area contributed by atoms with Gasteiger partial charge < -0.3 is 18.8 Å². The molecule has 0 saturated heterocycles. The van der Waals surface area contributed by atoms with Gasteiger partial charge in [-0.1, -0.05) is 102 Å². The van der Waals surface area contributed by atoms with Crippen molar-refractivity contribution in [2.75, 3.05) is 21.3 Å². The van der Waals surface area contributed by atoms with Gasteiger partial charge in [0.05, 0.1) is 22.5 Å². The molecule has 0 bridgehead atoms. The fourth-order valence-electron chi connectivity index (χ4n) is 6.76. The van der Waals surface area contributed by atoms with Crippen molar-refractivity contribution in [3.8, 4) is 0 Å². The zero-order valence-corrected chi connectivity index (χ0v) is 25.8. The Labute approximate surface area is 234 Å². The number of carbonyl (C=O) groups excluding carboxylic acids is 2. The van der Waals surface area contributed by atoms with Crippen molar-refractivity contribution < 1.29 is 28.4 Å². The molecule has 0 spiro atoms. The van der Waals surface area contributed by atoms with Gasteiger partial charge in [0, 0.05) is 45.3 Å². The number of rotatable bonds is 11. The van der Waals surface area contributed by atoms with Crippen molar-refractivity contribution in [3.63, 3.8) is 0 Å². The second-order valence-corrected chi connectivity index (χ2v) is 14.5.